The Morgan fingerprint density at radius 1 is 0.542 bits per heavy atom. The number of hydrogen-bond donors (Lipinski definition) is 0. The number of unbranched alkanes of at least 4 members (excludes halogenated alkanes) is 5. The lowest BCUT2D eigenvalue weighted by atomic mass is 10.1. The van der Waals surface area contributed by atoms with E-state index in [0.29, 0.717) is 12.2 Å². The molecular formula is C43H49O3PSi. The van der Waals surface area contributed by atoms with Crippen LogP contribution < -0.4 is 26.3 Å². The lowest BCUT2D eigenvalue weighted by Crippen LogP contribution is -2.66. The molecule has 0 saturated carbocycles. The highest BCUT2D eigenvalue weighted by atomic mass is 31.1. The molecule has 248 valence electrons. The molecule has 0 aliphatic carbocycles. The van der Waals surface area contributed by atoms with E-state index in [9.17, 15) is 4.79 Å². The lowest BCUT2D eigenvalue weighted by molar-refractivity contribution is 0.0499. The third-order valence-corrected chi connectivity index (χ3v) is 16.4. The summed E-state index contributed by atoms with van der Waals surface area (Å²) >= 11 is 0. The van der Waals surface area contributed by atoms with Crippen molar-refractivity contribution in [3.8, 4) is 0 Å². The number of ether oxygens (including phenoxy) is 1. The summed E-state index contributed by atoms with van der Waals surface area (Å²) in [7, 11) is -3.35. The van der Waals surface area contributed by atoms with Gasteiger partial charge in [-0.15, -0.1) is 0 Å². The standard InChI is InChI=1S/C43H49O3PSi/c1-43(2,3)48(38-28-16-10-17-29-38,39-30-18-11-19-31-39)46-35-23-7-5-4-6-22-34-45-42(44)40-32-20-21-33-41(40)47(36-24-12-8-13-25-36)37-26-14-9-15-27-37/h8-21,24-33H,4-7,22-23,34-35H2,1-3H3. The highest BCUT2D eigenvalue weighted by Gasteiger charge is 2.49. The van der Waals surface area contributed by atoms with Gasteiger partial charge in [-0.05, 0) is 58.2 Å². The molecule has 5 rings (SSSR count). The fourth-order valence-corrected chi connectivity index (χ4v) is 13.6. The van der Waals surface area contributed by atoms with Gasteiger partial charge in [0.1, 0.15) is 0 Å². The molecule has 5 aromatic rings. The summed E-state index contributed by atoms with van der Waals surface area (Å²) in [5.74, 6) is -0.231. The Morgan fingerprint density at radius 2 is 0.958 bits per heavy atom. The first-order valence-corrected chi connectivity index (χ1v) is 20.6. The summed E-state index contributed by atoms with van der Waals surface area (Å²) in [5, 5.41) is 6.14. The third kappa shape index (κ3) is 8.79. The monoisotopic (exact) mass is 672 g/mol. The number of benzene rings is 5. The van der Waals surface area contributed by atoms with Crippen LogP contribution in [-0.2, 0) is 9.16 Å². The van der Waals surface area contributed by atoms with Crippen LogP contribution in [-0.4, -0.2) is 27.5 Å². The van der Waals surface area contributed by atoms with Gasteiger partial charge in [-0.25, -0.2) is 4.79 Å². The van der Waals surface area contributed by atoms with Crippen molar-refractivity contribution >= 4 is 48.5 Å². The first-order valence-electron chi connectivity index (χ1n) is 17.3. The van der Waals surface area contributed by atoms with Gasteiger partial charge in [0, 0.05) is 6.61 Å². The summed E-state index contributed by atoms with van der Waals surface area (Å²) < 4.78 is 12.9. The number of carbonyl (C=O) groups excluding carboxylic acids is 1. The van der Waals surface area contributed by atoms with E-state index in [1.165, 1.54) is 21.0 Å². The molecule has 3 nitrogen and oxygen atoms in total. The minimum absolute atomic E-state index is 0.00131. The number of esters is 1. The number of rotatable bonds is 16. The van der Waals surface area contributed by atoms with Crippen molar-refractivity contribution in [2.75, 3.05) is 13.2 Å². The first-order chi connectivity index (χ1) is 23.4. The Bertz CT molecular complexity index is 1590. The maximum absolute atomic E-state index is 13.4. The van der Waals surface area contributed by atoms with Gasteiger partial charge >= 0.3 is 5.97 Å². The molecular weight excluding hydrogens is 624 g/mol. The van der Waals surface area contributed by atoms with E-state index in [4.69, 9.17) is 9.16 Å². The van der Waals surface area contributed by atoms with Crippen LogP contribution in [0.4, 0.5) is 0 Å². The zero-order valence-electron chi connectivity index (χ0n) is 28.7. The lowest BCUT2D eigenvalue weighted by Gasteiger charge is -2.43. The zero-order chi connectivity index (χ0) is 33.7. The van der Waals surface area contributed by atoms with E-state index in [1.807, 2.05) is 30.3 Å². The van der Waals surface area contributed by atoms with Crippen molar-refractivity contribution in [1.82, 2.24) is 0 Å². The molecule has 0 spiro atoms. The van der Waals surface area contributed by atoms with E-state index < -0.39 is 16.2 Å². The van der Waals surface area contributed by atoms with Gasteiger partial charge in [0.05, 0.1) is 12.2 Å². The van der Waals surface area contributed by atoms with Gasteiger partial charge in [0.25, 0.3) is 8.32 Å². The Kier molecular flexibility index (Phi) is 13.0. The second kappa shape index (κ2) is 17.5. The summed E-state index contributed by atoms with van der Waals surface area (Å²) in [5.41, 5.74) is 0.664. The van der Waals surface area contributed by atoms with Gasteiger partial charge in [0.2, 0.25) is 0 Å². The molecule has 0 atom stereocenters. The topological polar surface area (TPSA) is 35.5 Å². The van der Waals surface area contributed by atoms with Gasteiger partial charge < -0.3 is 9.16 Å². The van der Waals surface area contributed by atoms with Crippen molar-refractivity contribution < 1.29 is 14.0 Å². The van der Waals surface area contributed by atoms with E-state index >= 15 is 0 Å². The van der Waals surface area contributed by atoms with Crippen molar-refractivity contribution in [2.45, 2.75) is 64.3 Å². The first kappa shape index (κ1) is 35.5. The third-order valence-electron chi connectivity index (χ3n) is 8.90. The molecule has 0 fully saturated rings. The predicted octanol–water partition coefficient (Wildman–Crippen LogP) is 8.52. The van der Waals surface area contributed by atoms with Crippen molar-refractivity contribution in [1.29, 1.82) is 0 Å². The normalized spacial score (nSPS) is 11.8. The molecule has 5 aromatic carbocycles. The Balaban J connectivity index is 1.10. The average molecular weight is 673 g/mol. The Labute approximate surface area is 290 Å². The zero-order valence-corrected chi connectivity index (χ0v) is 30.6. The Morgan fingerprint density at radius 3 is 1.46 bits per heavy atom. The molecule has 0 aliphatic rings. The van der Waals surface area contributed by atoms with Crippen LogP contribution >= 0.6 is 7.92 Å². The van der Waals surface area contributed by atoms with E-state index in [2.05, 4.69) is 136 Å². The summed E-state index contributed by atoms with van der Waals surface area (Å²) in [6.07, 6.45) is 6.37. The van der Waals surface area contributed by atoms with Crippen molar-refractivity contribution in [3.63, 3.8) is 0 Å². The second-order valence-electron chi connectivity index (χ2n) is 13.3. The minimum Gasteiger partial charge on any atom is -0.462 e. The molecule has 0 amide bonds. The fourth-order valence-electron chi connectivity index (χ4n) is 6.56. The molecule has 48 heavy (non-hydrogen) atoms. The molecule has 0 unspecified atom stereocenters. The van der Waals surface area contributed by atoms with Crippen molar-refractivity contribution in [2.24, 2.45) is 0 Å². The number of carbonyl (C=O) groups is 1. The summed E-state index contributed by atoms with van der Waals surface area (Å²) in [6.45, 7) is 8.20. The van der Waals surface area contributed by atoms with Gasteiger partial charge in [-0.2, -0.15) is 0 Å². The molecule has 5 heteroatoms. The second-order valence-corrected chi connectivity index (χ2v) is 19.8. The molecule has 0 saturated heterocycles. The summed E-state index contributed by atoms with van der Waals surface area (Å²) in [4.78, 5) is 13.4. The maximum Gasteiger partial charge on any atom is 0.338 e. The van der Waals surface area contributed by atoms with Crippen LogP contribution in [0.3, 0.4) is 0 Å². The van der Waals surface area contributed by atoms with Crippen LogP contribution in [0.5, 0.6) is 0 Å². The maximum atomic E-state index is 13.4. The fraction of sp³-hybridized carbons (Fsp3) is 0.279. The summed E-state index contributed by atoms with van der Waals surface area (Å²) in [6, 6.07) is 50.6. The number of hydrogen-bond acceptors (Lipinski definition) is 3. The van der Waals surface area contributed by atoms with Crippen molar-refractivity contribution in [3.05, 3.63) is 151 Å². The van der Waals surface area contributed by atoms with E-state index in [-0.39, 0.29) is 11.0 Å². The predicted molar refractivity (Wildman–Crippen MR) is 207 cm³/mol. The smallest absolute Gasteiger partial charge is 0.338 e. The molecule has 0 aromatic heterocycles. The molecule has 0 radical (unpaired) electrons. The van der Waals surface area contributed by atoms with Crippen LogP contribution in [0.2, 0.25) is 5.04 Å². The average Bonchev–Trinajstić information content (AvgIpc) is 3.12. The highest BCUT2D eigenvalue weighted by Crippen LogP contribution is 2.37. The van der Waals surface area contributed by atoms with Gasteiger partial charge in [-0.3, -0.25) is 0 Å². The molecule has 0 bridgehead atoms. The van der Waals surface area contributed by atoms with Crippen LogP contribution in [0, 0.1) is 0 Å². The largest absolute Gasteiger partial charge is 0.462 e. The molecule has 0 heterocycles. The van der Waals surface area contributed by atoms with Gasteiger partial charge in [-0.1, -0.05) is 186 Å². The molecule has 0 aliphatic heterocycles. The van der Waals surface area contributed by atoms with Crippen LogP contribution in [0.25, 0.3) is 0 Å². The minimum atomic E-state index is -2.47. The van der Waals surface area contributed by atoms with E-state index in [1.54, 1.807) is 0 Å². The van der Waals surface area contributed by atoms with Crippen LogP contribution in [0.15, 0.2) is 146 Å². The SMILES string of the molecule is CC(C)(C)[Si](OCCCCCCCCOC(=O)c1ccccc1P(c1ccccc1)c1ccccc1)(c1ccccc1)c1ccccc1. The van der Waals surface area contributed by atoms with Crippen LogP contribution in [0.1, 0.15) is 69.7 Å². The van der Waals surface area contributed by atoms with Gasteiger partial charge in [0.15, 0.2) is 0 Å². The Hall–Kier alpha value is -3.82. The highest BCUT2D eigenvalue weighted by molar-refractivity contribution is 7.80. The molecule has 0 N–H and O–H groups in total. The van der Waals surface area contributed by atoms with E-state index in [0.717, 1.165) is 50.4 Å². The quantitative estimate of drug-likeness (QED) is 0.0457.